The van der Waals surface area contributed by atoms with Gasteiger partial charge in [-0.1, -0.05) is 39.7 Å². The van der Waals surface area contributed by atoms with E-state index >= 15 is 0 Å². The zero-order valence-electron chi connectivity index (χ0n) is 10.6. The Morgan fingerprint density at radius 2 is 2.00 bits per heavy atom. The molecule has 0 radical (unpaired) electrons. The maximum Gasteiger partial charge on any atom is 0.259 e. The van der Waals surface area contributed by atoms with E-state index in [2.05, 4.69) is 22.0 Å². The van der Waals surface area contributed by atoms with Crippen molar-refractivity contribution < 1.29 is 4.79 Å². The Labute approximate surface area is 130 Å². The number of nitriles is 1. The van der Waals surface area contributed by atoms with Gasteiger partial charge in [0.2, 0.25) is 0 Å². The summed E-state index contributed by atoms with van der Waals surface area (Å²) in [6.45, 7) is 0. The number of halogens is 2. The molecule has 2 aromatic carbocycles. The van der Waals surface area contributed by atoms with Crippen LogP contribution in [-0.4, -0.2) is 13.0 Å². The van der Waals surface area contributed by atoms with Crippen molar-refractivity contribution in [1.82, 2.24) is 0 Å². The van der Waals surface area contributed by atoms with E-state index in [1.54, 1.807) is 49.5 Å². The van der Waals surface area contributed by atoms with Crippen LogP contribution in [0.25, 0.3) is 0 Å². The Hall–Kier alpha value is -1.83. The van der Waals surface area contributed by atoms with Crippen LogP contribution in [0.5, 0.6) is 0 Å². The number of carbonyl (C=O) groups is 1. The topological polar surface area (TPSA) is 44.1 Å². The van der Waals surface area contributed by atoms with E-state index in [1.807, 2.05) is 0 Å². The largest absolute Gasteiger partial charge is 0.310 e. The molecule has 0 spiro atoms. The molecular formula is C15H10BrClN2O. The van der Waals surface area contributed by atoms with Crippen molar-refractivity contribution in [3.63, 3.8) is 0 Å². The van der Waals surface area contributed by atoms with Crippen LogP contribution in [-0.2, 0) is 0 Å². The molecule has 3 nitrogen and oxygen atoms in total. The van der Waals surface area contributed by atoms with Crippen molar-refractivity contribution in [3.8, 4) is 6.07 Å². The molecule has 0 unspecified atom stereocenters. The molecule has 0 saturated carbocycles. The third-order valence-corrected chi connectivity index (χ3v) is 3.67. The fourth-order valence-electron chi connectivity index (χ4n) is 1.81. The minimum absolute atomic E-state index is 0.265. The maximum atomic E-state index is 12.5. The van der Waals surface area contributed by atoms with Gasteiger partial charge < -0.3 is 4.90 Å². The predicted molar refractivity (Wildman–Crippen MR) is 83.0 cm³/mol. The molecule has 5 heteroatoms. The van der Waals surface area contributed by atoms with Crippen LogP contribution in [0.4, 0.5) is 5.69 Å². The first-order chi connectivity index (χ1) is 9.54. The molecule has 0 bridgehead atoms. The molecule has 0 aliphatic carbocycles. The molecule has 0 heterocycles. The summed E-state index contributed by atoms with van der Waals surface area (Å²) in [6, 6.07) is 14.1. The smallest absolute Gasteiger partial charge is 0.259 e. The Morgan fingerprint density at radius 1 is 1.30 bits per heavy atom. The van der Waals surface area contributed by atoms with Gasteiger partial charge in [0.15, 0.2) is 0 Å². The highest BCUT2D eigenvalue weighted by Crippen LogP contribution is 2.25. The summed E-state index contributed by atoms with van der Waals surface area (Å²) in [5, 5.41) is 9.47. The van der Waals surface area contributed by atoms with Gasteiger partial charge in [-0.15, -0.1) is 0 Å². The van der Waals surface area contributed by atoms with Gasteiger partial charge in [0, 0.05) is 11.5 Å². The Bertz CT molecular complexity index is 709. The molecule has 2 aromatic rings. The summed E-state index contributed by atoms with van der Waals surface area (Å²) >= 11 is 9.38. The van der Waals surface area contributed by atoms with Crippen LogP contribution in [0.3, 0.4) is 0 Å². The fraction of sp³-hybridized carbons (Fsp3) is 0.0667. The Balaban J connectivity index is 2.43. The lowest BCUT2D eigenvalue weighted by molar-refractivity contribution is 0.0993. The average Bonchev–Trinajstić information content (AvgIpc) is 2.48. The molecule has 100 valence electrons. The first kappa shape index (κ1) is 14.6. The van der Waals surface area contributed by atoms with Crippen LogP contribution in [0.15, 0.2) is 46.9 Å². The van der Waals surface area contributed by atoms with Crippen molar-refractivity contribution in [2.45, 2.75) is 0 Å². The number of nitrogens with zero attached hydrogens (tertiary/aromatic N) is 2. The zero-order valence-corrected chi connectivity index (χ0v) is 12.9. The normalized spacial score (nSPS) is 9.90. The molecule has 2 rings (SSSR count). The van der Waals surface area contributed by atoms with Crippen molar-refractivity contribution in [1.29, 1.82) is 5.26 Å². The maximum absolute atomic E-state index is 12.5. The van der Waals surface area contributed by atoms with Gasteiger partial charge in [0.25, 0.3) is 5.91 Å². The number of para-hydroxylation sites is 1. The van der Waals surface area contributed by atoms with E-state index in [0.29, 0.717) is 21.8 Å². The third-order valence-electron chi connectivity index (χ3n) is 2.85. The van der Waals surface area contributed by atoms with Crippen LogP contribution in [0, 0.1) is 11.3 Å². The van der Waals surface area contributed by atoms with Gasteiger partial charge in [-0.25, -0.2) is 0 Å². The van der Waals surface area contributed by atoms with Crippen LogP contribution in [0.2, 0.25) is 5.02 Å². The molecule has 0 N–H and O–H groups in total. The number of hydrogen-bond donors (Lipinski definition) is 0. The quantitative estimate of drug-likeness (QED) is 0.813. The average molecular weight is 350 g/mol. The zero-order chi connectivity index (χ0) is 14.7. The highest BCUT2D eigenvalue weighted by Gasteiger charge is 2.18. The van der Waals surface area contributed by atoms with Crippen LogP contribution >= 0.6 is 27.5 Å². The van der Waals surface area contributed by atoms with E-state index in [1.165, 1.54) is 4.90 Å². The van der Waals surface area contributed by atoms with Gasteiger partial charge in [-0.2, -0.15) is 5.26 Å². The number of carbonyl (C=O) groups excluding carboxylic acids is 1. The number of rotatable bonds is 2. The molecule has 0 fully saturated rings. The van der Waals surface area contributed by atoms with Crippen molar-refractivity contribution in [2.24, 2.45) is 0 Å². The minimum Gasteiger partial charge on any atom is -0.310 e. The summed E-state index contributed by atoms with van der Waals surface area (Å²) in [5.41, 5.74) is 1.38. The molecule has 20 heavy (non-hydrogen) atoms. The summed E-state index contributed by atoms with van der Waals surface area (Å²) in [4.78, 5) is 13.9. The Kier molecular flexibility index (Phi) is 4.43. The van der Waals surface area contributed by atoms with Gasteiger partial charge in [-0.3, -0.25) is 4.79 Å². The van der Waals surface area contributed by atoms with Crippen molar-refractivity contribution in [3.05, 3.63) is 63.1 Å². The SMILES string of the molecule is CN(C(=O)c1cc(Br)ccc1Cl)c1ccccc1C#N. The lowest BCUT2D eigenvalue weighted by Crippen LogP contribution is -2.27. The molecule has 0 aliphatic rings. The number of amides is 1. The minimum atomic E-state index is -0.265. The first-order valence-corrected chi connectivity index (χ1v) is 6.94. The van der Waals surface area contributed by atoms with E-state index < -0.39 is 0 Å². The Morgan fingerprint density at radius 3 is 2.70 bits per heavy atom. The number of benzene rings is 2. The third kappa shape index (κ3) is 2.84. The predicted octanol–water partition coefficient (Wildman–Crippen LogP) is 4.25. The van der Waals surface area contributed by atoms with Crippen molar-refractivity contribution >= 4 is 39.1 Å². The molecule has 1 amide bonds. The lowest BCUT2D eigenvalue weighted by Gasteiger charge is -2.19. The molecule has 0 atom stereocenters. The number of hydrogen-bond acceptors (Lipinski definition) is 2. The lowest BCUT2D eigenvalue weighted by atomic mass is 10.1. The second-order valence-electron chi connectivity index (χ2n) is 4.12. The summed E-state index contributed by atoms with van der Waals surface area (Å²) < 4.78 is 0.771. The monoisotopic (exact) mass is 348 g/mol. The molecule has 0 aliphatic heterocycles. The molecular weight excluding hydrogens is 340 g/mol. The van der Waals surface area contributed by atoms with E-state index in [-0.39, 0.29) is 5.91 Å². The van der Waals surface area contributed by atoms with E-state index in [4.69, 9.17) is 16.9 Å². The van der Waals surface area contributed by atoms with E-state index in [9.17, 15) is 4.79 Å². The van der Waals surface area contributed by atoms with E-state index in [0.717, 1.165) is 4.47 Å². The van der Waals surface area contributed by atoms with Gasteiger partial charge in [-0.05, 0) is 30.3 Å². The second-order valence-corrected chi connectivity index (χ2v) is 5.44. The van der Waals surface area contributed by atoms with Crippen molar-refractivity contribution in [2.75, 3.05) is 11.9 Å². The highest BCUT2D eigenvalue weighted by molar-refractivity contribution is 9.10. The first-order valence-electron chi connectivity index (χ1n) is 5.77. The summed E-state index contributed by atoms with van der Waals surface area (Å²) in [7, 11) is 1.62. The fourth-order valence-corrected chi connectivity index (χ4v) is 2.37. The van der Waals surface area contributed by atoms with Gasteiger partial charge in [0.05, 0.1) is 21.8 Å². The summed E-state index contributed by atoms with van der Waals surface area (Å²) in [6.07, 6.45) is 0. The molecule has 0 saturated heterocycles. The highest BCUT2D eigenvalue weighted by atomic mass is 79.9. The standard InChI is InChI=1S/C15H10BrClN2O/c1-19(14-5-3-2-4-10(14)9-18)15(20)12-8-11(16)6-7-13(12)17/h2-8H,1H3. The molecule has 0 aromatic heterocycles. The summed E-state index contributed by atoms with van der Waals surface area (Å²) in [5.74, 6) is -0.265. The van der Waals surface area contributed by atoms with Crippen LogP contribution in [0.1, 0.15) is 15.9 Å². The van der Waals surface area contributed by atoms with Gasteiger partial charge in [0.1, 0.15) is 6.07 Å². The van der Waals surface area contributed by atoms with Gasteiger partial charge >= 0.3 is 0 Å². The van der Waals surface area contributed by atoms with Crippen LogP contribution < -0.4 is 4.90 Å². The second kappa shape index (κ2) is 6.08. The number of anilines is 1.